The maximum Gasteiger partial charge on any atom is 0.342 e. The fourth-order valence-corrected chi connectivity index (χ4v) is 1.97. The molecule has 1 aromatic heterocycles. The van der Waals surface area contributed by atoms with Crippen LogP contribution in [-0.2, 0) is 0 Å². The maximum absolute atomic E-state index is 11.7. The van der Waals surface area contributed by atoms with Crippen LogP contribution < -0.4 is 11.2 Å². The standard InChI is InChI=1S/C13H20N2O4/c1-3-4-5-6-7-9(2)15-8-10(12(17)18)11(16)14-13(15)19/h8-9H,3-7H2,1-2H3,(H,17,18)(H,14,16,19). The first kappa shape index (κ1) is 15.2. The predicted octanol–water partition coefficient (Wildman–Crippen LogP) is 1.77. The second-order valence-electron chi connectivity index (χ2n) is 4.71. The van der Waals surface area contributed by atoms with Crippen molar-refractivity contribution in [2.45, 2.75) is 52.0 Å². The fraction of sp³-hybridized carbons (Fsp3) is 0.615. The molecular formula is C13H20N2O4. The zero-order chi connectivity index (χ0) is 14.4. The number of nitrogens with zero attached hydrogens (tertiary/aromatic N) is 1. The Balaban J connectivity index is 2.87. The number of unbranched alkanes of at least 4 members (excludes halogenated alkanes) is 3. The van der Waals surface area contributed by atoms with Crippen molar-refractivity contribution in [1.29, 1.82) is 0 Å². The van der Waals surface area contributed by atoms with E-state index >= 15 is 0 Å². The number of carbonyl (C=O) groups is 1. The van der Waals surface area contributed by atoms with Crippen LogP contribution in [0, 0.1) is 0 Å². The average Bonchev–Trinajstić information content (AvgIpc) is 2.34. The lowest BCUT2D eigenvalue weighted by Crippen LogP contribution is -2.34. The Morgan fingerprint density at radius 1 is 1.37 bits per heavy atom. The molecule has 0 saturated carbocycles. The molecule has 1 rings (SSSR count). The number of H-pyrrole nitrogens is 1. The fourth-order valence-electron chi connectivity index (χ4n) is 1.97. The van der Waals surface area contributed by atoms with Gasteiger partial charge in [-0.1, -0.05) is 32.6 Å². The van der Waals surface area contributed by atoms with Crippen molar-refractivity contribution in [2.75, 3.05) is 0 Å². The molecule has 0 fully saturated rings. The van der Waals surface area contributed by atoms with Gasteiger partial charge in [-0.3, -0.25) is 14.3 Å². The summed E-state index contributed by atoms with van der Waals surface area (Å²) in [4.78, 5) is 35.9. The maximum atomic E-state index is 11.7. The quantitative estimate of drug-likeness (QED) is 0.737. The number of aromatic nitrogens is 2. The van der Waals surface area contributed by atoms with Crippen LogP contribution in [0.2, 0.25) is 0 Å². The van der Waals surface area contributed by atoms with Crippen LogP contribution >= 0.6 is 0 Å². The smallest absolute Gasteiger partial charge is 0.342 e. The third-order valence-electron chi connectivity index (χ3n) is 3.15. The molecule has 0 aliphatic heterocycles. The largest absolute Gasteiger partial charge is 0.477 e. The highest BCUT2D eigenvalue weighted by Gasteiger charge is 2.14. The molecule has 1 unspecified atom stereocenters. The van der Waals surface area contributed by atoms with E-state index in [9.17, 15) is 14.4 Å². The van der Waals surface area contributed by atoms with Gasteiger partial charge in [-0.15, -0.1) is 0 Å². The second-order valence-corrected chi connectivity index (χ2v) is 4.71. The van der Waals surface area contributed by atoms with Gasteiger partial charge in [0.2, 0.25) is 0 Å². The Bertz CT molecular complexity index is 544. The molecule has 106 valence electrons. The summed E-state index contributed by atoms with van der Waals surface area (Å²) in [6.45, 7) is 3.96. The summed E-state index contributed by atoms with van der Waals surface area (Å²) < 4.78 is 1.29. The summed E-state index contributed by atoms with van der Waals surface area (Å²) in [5, 5.41) is 8.87. The van der Waals surface area contributed by atoms with Gasteiger partial charge in [0, 0.05) is 12.2 Å². The van der Waals surface area contributed by atoms with Crippen molar-refractivity contribution in [3.05, 3.63) is 32.6 Å². The van der Waals surface area contributed by atoms with Crippen molar-refractivity contribution in [3.8, 4) is 0 Å². The zero-order valence-corrected chi connectivity index (χ0v) is 11.3. The van der Waals surface area contributed by atoms with Gasteiger partial charge in [0.25, 0.3) is 5.56 Å². The van der Waals surface area contributed by atoms with Gasteiger partial charge in [0.15, 0.2) is 0 Å². The Kier molecular flexibility index (Phi) is 5.54. The van der Waals surface area contributed by atoms with E-state index in [0.717, 1.165) is 38.3 Å². The van der Waals surface area contributed by atoms with Crippen LogP contribution in [-0.4, -0.2) is 20.6 Å². The van der Waals surface area contributed by atoms with E-state index in [2.05, 4.69) is 6.92 Å². The molecule has 0 aliphatic rings. The molecule has 6 heteroatoms. The van der Waals surface area contributed by atoms with Gasteiger partial charge in [0.1, 0.15) is 5.56 Å². The number of hydrogen-bond donors (Lipinski definition) is 2. The van der Waals surface area contributed by atoms with Crippen LogP contribution in [0.3, 0.4) is 0 Å². The van der Waals surface area contributed by atoms with E-state index in [0.29, 0.717) is 0 Å². The second kappa shape index (κ2) is 6.92. The molecular weight excluding hydrogens is 248 g/mol. The molecule has 0 bridgehead atoms. The topological polar surface area (TPSA) is 92.2 Å². The molecule has 0 spiro atoms. The van der Waals surface area contributed by atoms with Crippen LogP contribution in [0.25, 0.3) is 0 Å². The first-order valence-corrected chi connectivity index (χ1v) is 6.56. The predicted molar refractivity (Wildman–Crippen MR) is 71.8 cm³/mol. The van der Waals surface area contributed by atoms with Crippen LogP contribution in [0.4, 0.5) is 0 Å². The summed E-state index contributed by atoms with van der Waals surface area (Å²) in [6, 6.07) is -0.126. The molecule has 2 N–H and O–H groups in total. The van der Waals surface area contributed by atoms with E-state index in [1.54, 1.807) is 0 Å². The summed E-state index contributed by atoms with van der Waals surface area (Å²) in [7, 11) is 0. The number of aromatic carboxylic acids is 1. The lowest BCUT2D eigenvalue weighted by Gasteiger charge is -2.14. The summed E-state index contributed by atoms with van der Waals surface area (Å²) in [5.74, 6) is -1.33. The Hall–Kier alpha value is -1.85. The molecule has 19 heavy (non-hydrogen) atoms. The average molecular weight is 268 g/mol. The minimum atomic E-state index is -1.33. The number of carboxylic acid groups (broad SMARTS) is 1. The monoisotopic (exact) mass is 268 g/mol. The van der Waals surface area contributed by atoms with Gasteiger partial charge < -0.3 is 5.11 Å². The molecule has 0 radical (unpaired) electrons. The van der Waals surface area contributed by atoms with Crippen LogP contribution in [0.1, 0.15) is 62.4 Å². The van der Waals surface area contributed by atoms with E-state index in [1.807, 2.05) is 11.9 Å². The number of hydrogen-bond acceptors (Lipinski definition) is 3. The van der Waals surface area contributed by atoms with E-state index < -0.39 is 22.8 Å². The normalized spacial score (nSPS) is 12.3. The van der Waals surface area contributed by atoms with E-state index in [4.69, 9.17) is 5.11 Å². The minimum absolute atomic E-state index is 0.126. The van der Waals surface area contributed by atoms with Gasteiger partial charge in [-0.2, -0.15) is 0 Å². The molecule has 0 aliphatic carbocycles. The molecule has 0 saturated heterocycles. The lowest BCUT2D eigenvalue weighted by molar-refractivity contribution is 0.0693. The molecule has 1 atom stereocenters. The van der Waals surface area contributed by atoms with Crippen molar-refractivity contribution in [1.82, 2.24) is 9.55 Å². The number of nitrogens with one attached hydrogen (secondary N) is 1. The Morgan fingerprint density at radius 2 is 2.05 bits per heavy atom. The first-order chi connectivity index (χ1) is 8.97. The Morgan fingerprint density at radius 3 is 2.63 bits per heavy atom. The van der Waals surface area contributed by atoms with Crippen molar-refractivity contribution in [3.63, 3.8) is 0 Å². The molecule has 6 nitrogen and oxygen atoms in total. The third-order valence-corrected chi connectivity index (χ3v) is 3.15. The first-order valence-electron chi connectivity index (χ1n) is 6.56. The van der Waals surface area contributed by atoms with Crippen LogP contribution in [0.15, 0.2) is 15.8 Å². The van der Waals surface area contributed by atoms with Gasteiger partial charge >= 0.3 is 11.7 Å². The third kappa shape index (κ3) is 4.08. The van der Waals surface area contributed by atoms with Crippen molar-refractivity contribution >= 4 is 5.97 Å². The number of carboxylic acids is 1. The molecule has 0 amide bonds. The van der Waals surface area contributed by atoms with Crippen molar-refractivity contribution in [2.24, 2.45) is 0 Å². The number of rotatable bonds is 7. The highest BCUT2D eigenvalue weighted by molar-refractivity contribution is 5.86. The van der Waals surface area contributed by atoms with Crippen molar-refractivity contribution < 1.29 is 9.90 Å². The Labute approximate surface area is 111 Å². The highest BCUT2D eigenvalue weighted by atomic mass is 16.4. The molecule has 1 aromatic rings. The van der Waals surface area contributed by atoms with Crippen LogP contribution in [0.5, 0.6) is 0 Å². The molecule has 0 aromatic carbocycles. The van der Waals surface area contributed by atoms with E-state index in [-0.39, 0.29) is 6.04 Å². The highest BCUT2D eigenvalue weighted by Crippen LogP contribution is 2.13. The summed E-state index contributed by atoms with van der Waals surface area (Å²) >= 11 is 0. The van der Waals surface area contributed by atoms with Gasteiger partial charge in [-0.05, 0) is 13.3 Å². The van der Waals surface area contributed by atoms with Gasteiger partial charge in [0.05, 0.1) is 0 Å². The molecule has 1 heterocycles. The van der Waals surface area contributed by atoms with Gasteiger partial charge in [-0.25, -0.2) is 9.59 Å². The summed E-state index contributed by atoms with van der Waals surface area (Å²) in [6.07, 6.45) is 6.26. The lowest BCUT2D eigenvalue weighted by atomic mass is 10.1. The zero-order valence-electron chi connectivity index (χ0n) is 11.3. The minimum Gasteiger partial charge on any atom is -0.477 e. The van der Waals surface area contributed by atoms with E-state index in [1.165, 1.54) is 4.57 Å². The summed E-state index contributed by atoms with van der Waals surface area (Å²) in [5.41, 5.74) is -1.81. The number of aromatic amines is 1. The SMILES string of the molecule is CCCCCCC(C)n1cc(C(=O)O)c(=O)[nH]c1=O.